The van der Waals surface area contributed by atoms with Crippen LogP contribution in [0.15, 0.2) is 59.1 Å². The minimum absolute atomic E-state index is 0.0589. The number of ether oxygens (including phenoxy) is 2. The van der Waals surface area contributed by atoms with Gasteiger partial charge in [0.2, 0.25) is 0 Å². The third kappa shape index (κ3) is 8.08. The van der Waals surface area contributed by atoms with Gasteiger partial charge in [0.05, 0.1) is 19.8 Å². The molecular formula is C29H35N4O5+. The highest BCUT2D eigenvalue weighted by atomic mass is 16.6. The molecule has 0 spiro atoms. The predicted octanol–water partition coefficient (Wildman–Crippen LogP) is 5.02. The summed E-state index contributed by atoms with van der Waals surface area (Å²) < 4.78 is 16.5. The van der Waals surface area contributed by atoms with Gasteiger partial charge in [-0.3, -0.25) is 5.32 Å². The van der Waals surface area contributed by atoms with Crippen LogP contribution < -0.4 is 15.4 Å². The smallest absolute Gasteiger partial charge is 0.324 e. The average molecular weight is 520 g/mol. The zero-order valence-corrected chi connectivity index (χ0v) is 22.1. The first-order valence-corrected chi connectivity index (χ1v) is 12.8. The molecule has 0 bridgehead atoms. The molecule has 1 fully saturated rings. The van der Waals surface area contributed by atoms with Gasteiger partial charge in [0, 0.05) is 34.7 Å². The zero-order chi connectivity index (χ0) is 27.0. The van der Waals surface area contributed by atoms with Gasteiger partial charge in [0.1, 0.15) is 31.1 Å². The number of nitrogens with one attached hydrogen (secondary N) is 2. The average Bonchev–Trinajstić information content (AvgIpc) is 3.36. The van der Waals surface area contributed by atoms with Crippen LogP contribution in [0.5, 0.6) is 5.75 Å². The van der Waals surface area contributed by atoms with Gasteiger partial charge >= 0.3 is 6.03 Å². The van der Waals surface area contributed by atoms with Crippen molar-refractivity contribution in [3.05, 3.63) is 71.5 Å². The van der Waals surface area contributed by atoms with E-state index in [1.54, 1.807) is 18.2 Å². The van der Waals surface area contributed by atoms with Gasteiger partial charge in [0.25, 0.3) is 0 Å². The minimum atomic E-state index is -0.404. The highest BCUT2D eigenvalue weighted by molar-refractivity contribution is 5.99. The second kappa shape index (κ2) is 12.1. The lowest BCUT2D eigenvalue weighted by Crippen LogP contribution is -2.53. The van der Waals surface area contributed by atoms with Crippen molar-refractivity contribution >= 4 is 17.5 Å². The topological polar surface area (TPSA) is 106 Å². The third-order valence-electron chi connectivity index (χ3n) is 6.13. The van der Waals surface area contributed by atoms with Crippen LogP contribution in [-0.2, 0) is 10.2 Å². The summed E-state index contributed by atoms with van der Waals surface area (Å²) in [6, 6.07) is 16.2. The van der Waals surface area contributed by atoms with E-state index in [0.717, 1.165) is 23.3 Å². The molecule has 38 heavy (non-hydrogen) atoms. The van der Waals surface area contributed by atoms with Crippen LogP contribution in [-0.4, -0.2) is 60.5 Å². The number of amides is 2. The van der Waals surface area contributed by atoms with Crippen LogP contribution in [0.2, 0.25) is 0 Å². The molecule has 1 aliphatic heterocycles. The predicted molar refractivity (Wildman–Crippen MR) is 144 cm³/mol. The van der Waals surface area contributed by atoms with Crippen LogP contribution >= 0.6 is 0 Å². The van der Waals surface area contributed by atoms with Gasteiger partial charge in [-0.1, -0.05) is 37.8 Å². The van der Waals surface area contributed by atoms with Crippen molar-refractivity contribution in [1.29, 1.82) is 0 Å². The van der Waals surface area contributed by atoms with Crippen LogP contribution in [0, 0.1) is 11.8 Å². The van der Waals surface area contributed by atoms with Crippen molar-refractivity contribution in [1.82, 2.24) is 5.16 Å². The summed E-state index contributed by atoms with van der Waals surface area (Å²) in [4.78, 5) is 12.3. The fraction of sp³-hybridized carbons (Fsp3) is 0.379. The first kappa shape index (κ1) is 27.2. The van der Waals surface area contributed by atoms with E-state index >= 15 is 0 Å². The van der Waals surface area contributed by atoms with Gasteiger partial charge in [0.15, 0.2) is 5.82 Å². The van der Waals surface area contributed by atoms with Crippen molar-refractivity contribution in [2.24, 2.45) is 0 Å². The van der Waals surface area contributed by atoms with Crippen LogP contribution in [0.3, 0.4) is 0 Å². The molecule has 2 heterocycles. The molecule has 4 rings (SSSR count). The van der Waals surface area contributed by atoms with Crippen molar-refractivity contribution in [2.45, 2.75) is 32.6 Å². The summed E-state index contributed by atoms with van der Waals surface area (Å²) in [7, 11) is 0. The molecule has 1 aliphatic rings. The normalized spacial score (nSPS) is 14.7. The summed E-state index contributed by atoms with van der Waals surface area (Å²) in [5.74, 6) is 8.10. The molecule has 1 aromatic heterocycles. The number of hydrogen-bond donors (Lipinski definition) is 3. The first-order chi connectivity index (χ1) is 18.2. The number of quaternary nitrogens is 1. The molecule has 1 saturated heterocycles. The van der Waals surface area contributed by atoms with E-state index in [9.17, 15) is 10.0 Å². The Bertz CT molecular complexity index is 1260. The molecule has 0 aliphatic carbocycles. The van der Waals surface area contributed by atoms with E-state index in [1.807, 2.05) is 57.2 Å². The molecule has 2 aromatic carbocycles. The Labute approximate surface area is 223 Å². The van der Waals surface area contributed by atoms with Gasteiger partial charge in [-0.05, 0) is 48.5 Å². The number of urea groups is 1. The van der Waals surface area contributed by atoms with E-state index in [1.165, 1.54) is 0 Å². The van der Waals surface area contributed by atoms with Crippen LogP contribution in [0.1, 0.15) is 44.1 Å². The lowest BCUT2D eigenvalue weighted by Gasteiger charge is -2.33. The molecule has 0 unspecified atom stereocenters. The Balaban J connectivity index is 1.22. The standard InChI is InChI=1S/C29H34N4O5/c1-29(2,3)26-21-27(32-38-26)31-28(34)30-24-11-7-22(8-12-24)5-6-23-9-13-25(14-10-23)37-18-4-15-33(35)16-19-36-20-17-33/h7-14,21,35H,4,15-20H2,1-3H3,(H-,30,31,32,34)/p+1. The van der Waals surface area contributed by atoms with Crippen molar-refractivity contribution in [3.63, 3.8) is 0 Å². The highest BCUT2D eigenvalue weighted by Gasteiger charge is 2.28. The van der Waals surface area contributed by atoms with Crippen LogP contribution in [0.25, 0.3) is 0 Å². The molecule has 9 heteroatoms. The maximum atomic E-state index is 12.3. The fourth-order valence-corrected chi connectivity index (χ4v) is 3.84. The van der Waals surface area contributed by atoms with Crippen molar-refractivity contribution < 1.29 is 28.6 Å². The summed E-state index contributed by atoms with van der Waals surface area (Å²) in [5, 5.41) is 19.8. The second-order valence-electron chi connectivity index (χ2n) is 10.3. The van der Waals surface area contributed by atoms with Gasteiger partial charge in [-0.25, -0.2) is 10.0 Å². The first-order valence-electron chi connectivity index (χ1n) is 12.8. The number of carbonyl (C=O) groups excluding carboxylic acids is 1. The number of anilines is 2. The number of carbonyl (C=O) groups is 1. The maximum absolute atomic E-state index is 12.3. The molecule has 0 radical (unpaired) electrons. The fourth-order valence-electron chi connectivity index (χ4n) is 3.84. The molecule has 2 amide bonds. The molecule has 0 saturated carbocycles. The SMILES string of the molecule is CC(C)(C)c1cc(NC(=O)Nc2ccc(C#Cc3ccc(OCCC[N+]4(O)CCOCC4)cc3)cc2)no1. The second-order valence-corrected chi connectivity index (χ2v) is 10.3. The largest absolute Gasteiger partial charge is 0.493 e. The lowest BCUT2D eigenvalue weighted by molar-refractivity contribution is -1.11. The van der Waals surface area contributed by atoms with E-state index < -0.39 is 6.03 Å². The van der Waals surface area contributed by atoms with E-state index in [-0.39, 0.29) is 10.1 Å². The van der Waals surface area contributed by atoms with Crippen molar-refractivity contribution in [2.75, 3.05) is 50.1 Å². The molecule has 200 valence electrons. The number of aromatic nitrogens is 1. The number of benzene rings is 2. The number of morpholine rings is 1. The summed E-state index contributed by atoms with van der Waals surface area (Å²) in [6.45, 7) is 9.68. The summed E-state index contributed by atoms with van der Waals surface area (Å²) >= 11 is 0. The maximum Gasteiger partial charge on any atom is 0.324 e. The molecule has 3 aromatic rings. The quantitative estimate of drug-likeness (QED) is 0.230. The Kier molecular flexibility index (Phi) is 8.69. The molecule has 3 N–H and O–H groups in total. The zero-order valence-electron chi connectivity index (χ0n) is 22.1. The van der Waals surface area contributed by atoms with Gasteiger partial charge in [-0.2, -0.15) is 4.65 Å². The monoisotopic (exact) mass is 519 g/mol. The number of hydroxylamine groups is 3. The van der Waals surface area contributed by atoms with Gasteiger partial charge < -0.3 is 19.3 Å². The Hall–Kier alpha value is -3.84. The minimum Gasteiger partial charge on any atom is -0.493 e. The van der Waals surface area contributed by atoms with Crippen molar-refractivity contribution in [3.8, 4) is 17.6 Å². The highest BCUT2D eigenvalue weighted by Crippen LogP contribution is 2.24. The number of rotatable bonds is 7. The molecule has 0 atom stereocenters. The summed E-state index contributed by atoms with van der Waals surface area (Å²) in [6.07, 6.45) is 0.767. The Morgan fingerprint density at radius 1 is 1.03 bits per heavy atom. The molecule has 9 nitrogen and oxygen atoms in total. The lowest BCUT2D eigenvalue weighted by atomic mass is 9.93. The van der Waals surface area contributed by atoms with E-state index in [0.29, 0.717) is 56.7 Å². The third-order valence-corrected chi connectivity index (χ3v) is 6.13. The number of nitrogens with zero attached hydrogens (tertiary/aromatic N) is 2. The van der Waals surface area contributed by atoms with E-state index in [2.05, 4.69) is 27.6 Å². The van der Waals surface area contributed by atoms with Gasteiger partial charge in [-0.15, -0.1) is 0 Å². The van der Waals surface area contributed by atoms with Crippen LogP contribution in [0.4, 0.5) is 16.3 Å². The summed E-state index contributed by atoms with van der Waals surface area (Å²) in [5.41, 5.74) is 2.14. The molecular weight excluding hydrogens is 484 g/mol. The Morgan fingerprint density at radius 3 is 2.26 bits per heavy atom. The number of hydrogen-bond acceptors (Lipinski definition) is 6. The van der Waals surface area contributed by atoms with E-state index in [4.69, 9.17) is 14.0 Å². The Morgan fingerprint density at radius 2 is 1.66 bits per heavy atom.